The minimum Gasteiger partial charge on any atom is -0.326 e. The van der Waals surface area contributed by atoms with Gasteiger partial charge >= 0.3 is 6.18 Å². The maximum Gasteiger partial charge on any atom is 0.425 e. The summed E-state index contributed by atoms with van der Waals surface area (Å²) >= 11 is 5.91. The standard InChI is InChI=1S/C23H19ClF3N3O3/c1-21(2)11-16-18(17(31)12-21)22(23(25,26)27,29-19(32)13-7-9-28-10-8-13)20(33)30(16)15-5-3-14(24)4-6-15/h3-10H,11-12H2,1-2H3,(H,29,32). The normalized spacial score (nSPS) is 22.4. The molecule has 0 radical (unpaired) electrons. The fourth-order valence-corrected chi connectivity index (χ4v) is 4.49. The average Bonchev–Trinajstić information content (AvgIpc) is 2.97. The van der Waals surface area contributed by atoms with Crippen molar-refractivity contribution in [3.63, 3.8) is 0 Å². The van der Waals surface area contributed by atoms with Gasteiger partial charge in [-0.1, -0.05) is 25.4 Å². The first-order chi connectivity index (χ1) is 15.4. The van der Waals surface area contributed by atoms with Crippen LogP contribution in [0.4, 0.5) is 18.9 Å². The molecule has 172 valence electrons. The number of rotatable bonds is 3. The lowest BCUT2D eigenvalue weighted by Crippen LogP contribution is -2.66. The van der Waals surface area contributed by atoms with E-state index in [1.165, 1.54) is 48.8 Å². The van der Waals surface area contributed by atoms with Crippen molar-refractivity contribution in [1.82, 2.24) is 10.3 Å². The molecular weight excluding hydrogens is 459 g/mol. The van der Waals surface area contributed by atoms with Gasteiger partial charge in [0.15, 0.2) is 5.78 Å². The van der Waals surface area contributed by atoms with Crippen LogP contribution >= 0.6 is 11.6 Å². The van der Waals surface area contributed by atoms with Crippen molar-refractivity contribution in [2.24, 2.45) is 5.41 Å². The summed E-state index contributed by atoms with van der Waals surface area (Å²) in [5.41, 5.74) is -5.02. The van der Waals surface area contributed by atoms with Crippen LogP contribution in [-0.2, 0) is 9.59 Å². The summed E-state index contributed by atoms with van der Waals surface area (Å²) in [6.07, 6.45) is -2.97. The third kappa shape index (κ3) is 3.70. The number of allylic oxidation sites excluding steroid dienone is 1. The number of pyridine rings is 1. The topological polar surface area (TPSA) is 79.4 Å². The number of hydrogen-bond donors (Lipinski definition) is 1. The van der Waals surface area contributed by atoms with Gasteiger partial charge in [-0.15, -0.1) is 0 Å². The average molecular weight is 478 g/mol. The molecule has 1 aromatic carbocycles. The van der Waals surface area contributed by atoms with Gasteiger partial charge in [0.1, 0.15) is 0 Å². The van der Waals surface area contributed by atoms with E-state index >= 15 is 0 Å². The molecule has 2 aromatic rings. The van der Waals surface area contributed by atoms with Crippen LogP contribution in [0.1, 0.15) is 37.0 Å². The molecule has 4 rings (SSSR count). The summed E-state index contributed by atoms with van der Waals surface area (Å²) in [7, 11) is 0. The van der Waals surface area contributed by atoms with Crippen molar-refractivity contribution < 1.29 is 27.6 Å². The molecule has 10 heteroatoms. The molecule has 2 heterocycles. The van der Waals surface area contributed by atoms with Gasteiger partial charge < -0.3 is 5.32 Å². The summed E-state index contributed by atoms with van der Waals surface area (Å²) < 4.78 is 44.3. The molecular formula is C23H19ClF3N3O3. The lowest BCUT2D eigenvalue weighted by atomic mass is 9.72. The Hall–Kier alpha value is -3.20. The number of alkyl halides is 3. The number of aromatic nitrogens is 1. The van der Waals surface area contributed by atoms with E-state index in [2.05, 4.69) is 4.98 Å². The van der Waals surface area contributed by atoms with Crippen molar-refractivity contribution >= 4 is 34.9 Å². The van der Waals surface area contributed by atoms with Gasteiger partial charge in [-0.2, -0.15) is 13.2 Å². The van der Waals surface area contributed by atoms with Gasteiger partial charge in [-0.25, -0.2) is 0 Å². The fraction of sp³-hybridized carbons (Fsp3) is 0.304. The Labute approximate surface area is 192 Å². The number of amides is 2. The Kier molecular flexibility index (Phi) is 5.35. The predicted molar refractivity (Wildman–Crippen MR) is 114 cm³/mol. The van der Waals surface area contributed by atoms with Gasteiger partial charge in [0.25, 0.3) is 11.8 Å². The first-order valence-electron chi connectivity index (χ1n) is 10.0. The minimum atomic E-state index is -5.29. The highest BCUT2D eigenvalue weighted by Crippen LogP contribution is 2.52. The SMILES string of the molecule is CC1(C)CC(=O)C2=C(C1)N(c1ccc(Cl)cc1)C(=O)C2(NC(=O)c1ccncc1)C(F)(F)F. The van der Waals surface area contributed by atoms with Crippen LogP contribution in [-0.4, -0.2) is 34.3 Å². The predicted octanol–water partition coefficient (Wildman–Crippen LogP) is 4.46. The quantitative estimate of drug-likeness (QED) is 0.708. The number of anilines is 1. The van der Waals surface area contributed by atoms with Crippen molar-refractivity contribution in [3.05, 3.63) is 70.6 Å². The van der Waals surface area contributed by atoms with E-state index in [-0.39, 0.29) is 29.8 Å². The molecule has 1 unspecified atom stereocenters. The second-order valence-electron chi connectivity index (χ2n) is 8.82. The molecule has 0 fully saturated rings. The highest BCUT2D eigenvalue weighted by atomic mass is 35.5. The number of Topliss-reactive ketones (excluding diaryl/α,β-unsaturated/α-hetero) is 1. The lowest BCUT2D eigenvalue weighted by molar-refractivity contribution is -0.186. The van der Waals surface area contributed by atoms with Crippen LogP contribution < -0.4 is 10.2 Å². The van der Waals surface area contributed by atoms with Gasteiger partial charge in [-0.3, -0.25) is 24.3 Å². The zero-order valence-electron chi connectivity index (χ0n) is 17.7. The minimum absolute atomic E-state index is 0.0331. The Balaban J connectivity index is 1.94. The molecule has 0 bridgehead atoms. The highest BCUT2D eigenvalue weighted by molar-refractivity contribution is 6.30. The number of nitrogens with zero attached hydrogens (tertiary/aromatic N) is 2. The maximum absolute atomic E-state index is 14.8. The van der Waals surface area contributed by atoms with Gasteiger partial charge in [0, 0.05) is 40.8 Å². The van der Waals surface area contributed by atoms with Crippen LogP contribution in [0.25, 0.3) is 0 Å². The molecule has 0 saturated heterocycles. The van der Waals surface area contributed by atoms with Crippen molar-refractivity contribution in [3.8, 4) is 0 Å². The van der Waals surface area contributed by atoms with Gasteiger partial charge in [0.2, 0.25) is 5.54 Å². The largest absolute Gasteiger partial charge is 0.425 e. The number of carbonyl (C=O) groups is 3. The van der Waals surface area contributed by atoms with Crippen molar-refractivity contribution in [2.75, 3.05) is 4.90 Å². The third-order valence-corrected chi connectivity index (χ3v) is 6.03. The summed E-state index contributed by atoms with van der Waals surface area (Å²) in [4.78, 5) is 44.2. The van der Waals surface area contributed by atoms with Gasteiger partial charge in [-0.05, 0) is 48.2 Å². The maximum atomic E-state index is 14.8. The van der Waals surface area contributed by atoms with E-state index < -0.39 is 40.3 Å². The molecule has 0 saturated carbocycles. The smallest absolute Gasteiger partial charge is 0.326 e. The first-order valence-corrected chi connectivity index (χ1v) is 10.4. The van der Waals surface area contributed by atoms with E-state index in [0.29, 0.717) is 5.02 Å². The first kappa shape index (κ1) is 23.0. The lowest BCUT2D eigenvalue weighted by Gasteiger charge is -2.35. The molecule has 1 aliphatic heterocycles. The Morgan fingerprint density at radius 1 is 1.06 bits per heavy atom. The number of carbonyl (C=O) groups excluding carboxylic acids is 3. The van der Waals surface area contributed by atoms with E-state index in [4.69, 9.17) is 11.6 Å². The molecule has 1 aliphatic carbocycles. The van der Waals surface area contributed by atoms with Gasteiger partial charge in [0.05, 0.1) is 5.57 Å². The monoisotopic (exact) mass is 477 g/mol. The van der Waals surface area contributed by atoms with Crippen LogP contribution in [0.5, 0.6) is 0 Å². The molecule has 33 heavy (non-hydrogen) atoms. The molecule has 0 spiro atoms. The molecule has 6 nitrogen and oxygen atoms in total. The fourth-order valence-electron chi connectivity index (χ4n) is 4.36. The van der Waals surface area contributed by atoms with Crippen LogP contribution in [0.15, 0.2) is 60.1 Å². The molecule has 1 N–H and O–H groups in total. The van der Waals surface area contributed by atoms with Crippen molar-refractivity contribution in [1.29, 1.82) is 0 Å². The molecule has 1 aromatic heterocycles. The number of nitrogens with one attached hydrogen (secondary N) is 1. The summed E-state index contributed by atoms with van der Waals surface area (Å²) in [6, 6.07) is 8.10. The molecule has 2 aliphatic rings. The Morgan fingerprint density at radius 3 is 2.24 bits per heavy atom. The van der Waals surface area contributed by atoms with Crippen LogP contribution in [0.3, 0.4) is 0 Å². The molecule has 2 amide bonds. The summed E-state index contributed by atoms with van der Waals surface area (Å²) in [6.45, 7) is 3.48. The van der Waals surface area contributed by atoms with Crippen molar-refractivity contribution in [2.45, 2.75) is 38.4 Å². The Bertz CT molecular complexity index is 1180. The summed E-state index contributed by atoms with van der Waals surface area (Å²) in [5, 5.41) is 2.21. The Morgan fingerprint density at radius 2 is 1.67 bits per heavy atom. The summed E-state index contributed by atoms with van der Waals surface area (Å²) in [5.74, 6) is -3.44. The van der Waals surface area contributed by atoms with Crippen LogP contribution in [0.2, 0.25) is 5.02 Å². The van der Waals surface area contributed by atoms with E-state index in [1.54, 1.807) is 13.8 Å². The number of ketones is 1. The second-order valence-corrected chi connectivity index (χ2v) is 9.25. The zero-order chi connectivity index (χ0) is 24.2. The van der Waals surface area contributed by atoms with E-state index in [9.17, 15) is 27.6 Å². The number of halogens is 4. The highest BCUT2D eigenvalue weighted by Gasteiger charge is 2.72. The van der Waals surface area contributed by atoms with Crippen LogP contribution in [0, 0.1) is 5.41 Å². The zero-order valence-corrected chi connectivity index (χ0v) is 18.4. The number of hydrogen-bond acceptors (Lipinski definition) is 4. The second kappa shape index (κ2) is 7.69. The number of benzene rings is 1. The van der Waals surface area contributed by atoms with E-state index in [1.807, 2.05) is 5.32 Å². The van der Waals surface area contributed by atoms with E-state index in [0.717, 1.165) is 4.90 Å². The third-order valence-electron chi connectivity index (χ3n) is 5.77. The molecule has 1 atom stereocenters.